The number of thioether (sulfide) groups is 1. The van der Waals surface area contributed by atoms with Crippen LogP contribution in [0.15, 0.2) is 53.7 Å². The number of anilines is 1. The van der Waals surface area contributed by atoms with Crippen molar-refractivity contribution in [1.29, 1.82) is 0 Å². The van der Waals surface area contributed by atoms with Crippen LogP contribution in [-0.4, -0.2) is 31.6 Å². The molecule has 0 radical (unpaired) electrons. The zero-order chi connectivity index (χ0) is 21.4. The fourth-order valence-electron chi connectivity index (χ4n) is 4.52. The Morgan fingerprint density at radius 2 is 1.90 bits per heavy atom. The summed E-state index contributed by atoms with van der Waals surface area (Å²) in [6.45, 7) is 1.92. The summed E-state index contributed by atoms with van der Waals surface area (Å²) in [6, 6.07) is 15.6. The number of rotatable bonds is 3. The molecule has 1 aliphatic carbocycles. The highest BCUT2D eigenvalue weighted by Gasteiger charge is 2.49. The predicted molar refractivity (Wildman–Crippen MR) is 125 cm³/mol. The lowest BCUT2D eigenvalue weighted by Gasteiger charge is -2.46. The third-order valence-corrected chi connectivity index (χ3v) is 8.02. The van der Waals surface area contributed by atoms with Gasteiger partial charge in [-0.25, -0.2) is 4.68 Å². The molecular formula is C23H24ClN5OS. The maximum atomic E-state index is 13.5. The quantitative estimate of drug-likeness (QED) is 0.565. The van der Waals surface area contributed by atoms with Gasteiger partial charge in [-0.3, -0.25) is 4.79 Å². The van der Waals surface area contributed by atoms with Gasteiger partial charge in [0, 0.05) is 16.3 Å². The van der Waals surface area contributed by atoms with E-state index in [0.29, 0.717) is 10.2 Å². The number of fused-ring (bicyclic) bond motifs is 1. The molecule has 1 aliphatic heterocycles. The van der Waals surface area contributed by atoms with E-state index >= 15 is 0 Å². The van der Waals surface area contributed by atoms with Crippen LogP contribution in [0.3, 0.4) is 0 Å². The second kappa shape index (κ2) is 8.20. The second-order valence-corrected chi connectivity index (χ2v) is 9.72. The van der Waals surface area contributed by atoms with Crippen LogP contribution in [0.1, 0.15) is 37.7 Å². The Hall–Kier alpha value is -2.51. The van der Waals surface area contributed by atoms with Gasteiger partial charge in [-0.15, -0.1) is 10.2 Å². The molecule has 5 rings (SSSR count). The van der Waals surface area contributed by atoms with Gasteiger partial charge in [0.1, 0.15) is 5.25 Å². The maximum Gasteiger partial charge on any atom is 0.240 e. The van der Waals surface area contributed by atoms with Crippen molar-refractivity contribution in [3.8, 4) is 11.4 Å². The van der Waals surface area contributed by atoms with Crippen LogP contribution in [0, 0.1) is 6.92 Å². The van der Waals surface area contributed by atoms with E-state index in [0.717, 1.165) is 48.3 Å². The van der Waals surface area contributed by atoms with Gasteiger partial charge in [0.05, 0.1) is 5.54 Å². The summed E-state index contributed by atoms with van der Waals surface area (Å²) < 4.78 is 1.97. The molecule has 160 valence electrons. The maximum absolute atomic E-state index is 13.5. The van der Waals surface area contributed by atoms with E-state index < -0.39 is 0 Å². The molecule has 2 aromatic carbocycles. The molecule has 6 nitrogen and oxygen atoms in total. The Labute approximate surface area is 190 Å². The van der Waals surface area contributed by atoms with Gasteiger partial charge in [-0.2, -0.15) is 0 Å². The lowest BCUT2D eigenvalue weighted by atomic mass is 9.79. The molecule has 0 bridgehead atoms. The topological polar surface area (TPSA) is 71.8 Å². The first-order chi connectivity index (χ1) is 15.1. The summed E-state index contributed by atoms with van der Waals surface area (Å²) in [5.41, 5.74) is 5.96. The Balaban J connectivity index is 1.50. The number of amides is 1. The lowest BCUT2D eigenvalue weighted by molar-refractivity contribution is -0.117. The molecule has 8 heteroatoms. The van der Waals surface area contributed by atoms with Gasteiger partial charge in [0.15, 0.2) is 5.82 Å². The van der Waals surface area contributed by atoms with Crippen molar-refractivity contribution in [2.45, 2.75) is 55.0 Å². The van der Waals surface area contributed by atoms with Gasteiger partial charge in [-0.1, -0.05) is 79.0 Å². The summed E-state index contributed by atoms with van der Waals surface area (Å²) >= 11 is 7.76. The number of halogens is 1. The van der Waals surface area contributed by atoms with Crippen molar-refractivity contribution in [1.82, 2.24) is 14.9 Å². The first-order valence-electron chi connectivity index (χ1n) is 10.6. The highest BCUT2D eigenvalue weighted by atomic mass is 35.5. The molecule has 1 aromatic heterocycles. The van der Waals surface area contributed by atoms with E-state index in [4.69, 9.17) is 11.6 Å². The fraction of sp³-hybridized carbons (Fsp3) is 0.348. The zero-order valence-electron chi connectivity index (χ0n) is 17.3. The van der Waals surface area contributed by atoms with Crippen LogP contribution in [0.4, 0.5) is 5.69 Å². The number of nitrogens with one attached hydrogen (secondary N) is 2. The standard InChI is InChI=1S/C23H24ClN5OS/c1-15-17(24)11-8-12-18(15)25-21(30)19-23(13-6-3-7-14-23)28-29-20(26-27-22(29)31-19)16-9-4-2-5-10-16/h2,4-5,8-12,19,28H,3,6-7,13-14H2,1H3,(H,25,30)/t19-/m0/s1. The summed E-state index contributed by atoms with van der Waals surface area (Å²) in [5, 5.41) is 13.0. The van der Waals surface area contributed by atoms with Crippen molar-refractivity contribution in [2.24, 2.45) is 0 Å². The summed E-state index contributed by atoms with van der Waals surface area (Å²) in [4.78, 5) is 13.5. The number of aromatic nitrogens is 3. The smallest absolute Gasteiger partial charge is 0.240 e. The molecule has 31 heavy (non-hydrogen) atoms. The average Bonchev–Trinajstić information content (AvgIpc) is 3.19. The van der Waals surface area contributed by atoms with Crippen molar-refractivity contribution in [3.63, 3.8) is 0 Å². The van der Waals surface area contributed by atoms with Crippen molar-refractivity contribution in [3.05, 3.63) is 59.1 Å². The highest BCUT2D eigenvalue weighted by molar-refractivity contribution is 8.00. The number of hydrogen-bond acceptors (Lipinski definition) is 5. The van der Waals surface area contributed by atoms with E-state index in [1.807, 2.05) is 60.1 Å². The van der Waals surface area contributed by atoms with Gasteiger partial charge in [0.25, 0.3) is 0 Å². The molecule has 0 unspecified atom stereocenters. The third kappa shape index (κ3) is 3.70. The van der Waals surface area contributed by atoms with Crippen molar-refractivity contribution in [2.75, 3.05) is 10.7 Å². The molecule has 3 aromatic rings. The molecule has 0 saturated heterocycles. The van der Waals surface area contributed by atoms with E-state index in [-0.39, 0.29) is 16.7 Å². The average molecular weight is 454 g/mol. The molecule has 2 aliphatic rings. The van der Waals surface area contributed by atoms with Gasteiger partial charge >= 0.3 is 0 Å². The van der Waals surface area contributed by atoms with Gasteiger partial charge < -0.3 is 10.7 Å². The lowest BCUT2D eigenvalue weighted by Crippen LogP contribution is -2.59. The fourth-order valence-corrected chi connectivity index (χ4v) is 5.91. The van der Waals surface area contributed by atoms with Gasteiger partial charge in [0.2, 0.25) is 11.1 Å². The SMILES string of the molecule is Cc1c(Cl)cccc1NC(=O)[C@@H]1Sc2nnc(-c3ccccc3)n2NC12CCCCC2. The Bertz CT molecular complexity index is 1110. The van der Waals surface area contributed by atoms with Crippen LogP contribution in [0.2, 0.25) is 5.02 Å². The third-order valence-electron chi connectivity index (χ3n) is 6.23. The minimum Gasteiger partial charge on any atom is -0.325 e. The van der Waals surface area contributed by atoms with E-state index in [1.165, 1.54) is 18.2 Å². The molecule has 1 saturated carbocycles. The molecule has 1 amide bonds. The van der Waals surface area contributed by atoms with Crippen molar-refractivity contribution < 1.29 is 4.79 Å². The number of benzene rings is 2. The number of carbonyl (C=O) groups excluding carboxylic acids is 1. The van der Waals surface area contributed by atoms with Crippen LogP contribution >= 0.6 is 23.4 Å². The first-order valence-corrected chi connectivity index (χ1v) is 11.8. The van der Waals surface area contributed by atoms with Crippen LogP contribution in [0.5, 0.6) is 0 Å². The largest absolute Gasteiger partial charge is 0.325 e. The summed E-state index contributed by atoms with van der Waals surface area (Å²) in [6.07, 6.45) is 5.23. The molecule has 1 fully saturated rings. The number of nitrogens with zero attached hydrogens (tertiary/aromatic N) is 3. The van der Waals surface area contributed by atoms with Crippen LogP contribution < -0.4 is 10.7 Å². The highest BCUT2D eigenvalue weighted by Crippen LogP contribution is 2.44. The van der Waals surface area contributed by atoms with Crippen LogP contribution in [-0.2, 0) is 4.79 Å². The van der Waals surface area contributed by atoms with Gasteiger partial charge in [-0.05, 0) is 37.5 Å². The number of carbonyl (C=O) groups is 1. The monoisotopic (exact) mass is 453 g/mol. The Morgan fingerprint density at radius 1 is 1.13 bits per heavy atom. The minimum absolute atomic E-state index is 0.0275. The van der Waals surface area contributed by atoms with E-state index in [9.17, 15) is 4.79 Å². The molecular weight excluding hydrogens is 430 g/mol. The first kappa shape index (κ1) is 20.4. The molecule has 1 atom stereocenters. The summed E-state index contributed by atoms with van der Waals surface area (Å²) in [7, 11) is 0. The van der Waals surface area contributed by atoms with E-state index in [2.05, 4.69) is 20.9 Å². The zero-order valence-corrected chi connectivity index (χ0v) is 18.8. The normalized spacial score (nSPS) is 19.5. The molecule has 1 spiro atoms. The Morgan fingerprint density at radius 3 is 2.68 bits per heavy atom. The Kier molecular flexibility index (Phi) is 5.40. The predicted octanol–water partition coefficient (Wildman–Crippen LogP) is 5.27. The molecule has 2 N–H and O–H groups in total. The van der Waals surface area contributed by atoms with Crippen molar-refractivity contribution >= 4 is 35.0 Å². The number of hydrogen-bond donors (Lipinski definition) is 2. The second-order valence-electron chi connectivity index (χ2n) is 8.24. The molecule has 2 heterocycles. The summed E-state index contributed by atoms with van der Waals surface area (Å²) in [5.74, 6) is 0.748. The minimum atomic E-state index is -0.349. The van der Waals surface area contributed by atoms with Crippen LogP contribution in [0.25, 0.3) is 11.4 Å². The van der Waals surface area contributed by atoms with E-state index in [1.54, 1.807) is 0 Å².